The number of hydrogen-bond acceptors (Lipinski definition) is 3. The van der Waals surface area contributed by atoms with Gasteiger partial charge in [-0.05, 0) is 36.7 Å². The fourth-order valence-corrected chi connectivity index (χ4v) is 1.90. The van der Waals surface area contributed by atoms with Crippen molar-refractivity contribution >= 4 is 33.6 Å². The van der Waals surface area contributed by atoms with Crippen molar-refractivity contribution < 1.29 is 0 Å². The van der Waals surface area contributed by atoms with E-state index in [9.17, 15) is 0 Å². The first kappa shape index (κ1) is 9.85. The summed E-state index contributed by atoms with van der Waals surface area (Å²) in [5.74, 6) is 0.982. The molecule has 0 aliphatic carbocycles. The van der Waals surface area contributed by atoms with Crippen LogP contribution in [-0.4, -0.2) is 33.9 Å². The summed E-state index contributed by atoms with van der Waals surface area (Å²) in [5.41, 5.74) is 2.02. The van der Waals surface area contributed by atoms with Crippen LogP contribution in [-0.2, 0) is 6.54 Å². The molecule has 0 unspecified atom stereocenters. The summed E-state index contributed by atoms with van der Waals surface area (Å²) in [6.07, 6.45) is 3.63. The number of pyridine rings is 1. The van der Waals surface area contributed by atoms with Gasteiger partial charge in [0.2, 0.25) is 0 Å². The molecule has 1 N–H and O–H groups in total. The Labute approximate surface area is 95.9 Å². The summed E-state index contributed by atoms with van der Waals surface area (Å²) in [4.78, 5) is 13.9. The van der Waals surface area contributed by atoms with Crippen LogP contribution in [0.1, 0.15) is 5.82 Å². The summed E-state index contributed by atoms with van der Waals surface area (Å²) >= 11 is 2.25. The van der Waals surface area contributed by atoms with Crippen LogP contribution in [0.3, 0.4) is 0 Å². The third-order valence-electron chi connectivity index (χ3n) is 1.86. The standard InChI is InChI=1S/C9H11IN4/c1-14(2)5-8-12-7-4-11-3-6(10)9(7)13-8/h3-4H,5H2,1-2H3,(H,12,13). The van der Waals surface area contributed by atoms with Crippen LogP contribution in [0.2, 0.25) is 0 Å². The van der Waals surface area contributed by atoms with E-state index in [-0.39, 0.29) is 0 Å². The number of hydrogen-bond donors (Lipinski definition) is 1. The quantitative estimate of drug-likeness (QED) is 0.858. The van der Waals surface area contributed by atoms with E-state index in [1.165, 1.54) is 0 Å². The average molecular weight is 302 g/mol. The maximum Gasteiger partial charge on any atom is 0.121 e. The molecule has 0 saturated carbocycles. The predicted octanol–water partition coefficient (Wildman–Crippen LogP) is 1.62. The van der Waals surface area contributed by atoms with Crippen LogP contribution < -0.4 is 0 Å². The van der Waals surface area contributed by atoms with Gasteiger partial charge in [0.1, 0.15) is 11.3 Å². The molecule has 0 aliphatic heterocycles. The molecule has 0 bridgehead atoms. The fraction of sp³-hybridized carbons (Fsp3) is 0.333. The van der Waals surface area contributed by atoms with Crippen molar-refractivity contribution in [2.75, 3.05) is 14.1 Å². The Kier molecular flexibility index (Phi) is 2.69. The molecule has 2 aromatic rings. The topological polar surface area (TPSA) is 44.8 Å². The Morgan fingerprint density at radius 1 is 1.43 bits per heavy atom. The van der Waals surface area contributed by atoms with Gasteiger partial charge in [0, 0.05) is 6.20 Å². The molecule has 0 aromatic carbocycles. The van der Waals surface area contributed by atoms with Crippen LogP contribution in [0.25, 0.3) is 11.0 Å². The number of imidazole rings is 1. The van der Waals surface area contributed by atoms with Crippen molar-refractivity contribution in [2.24, 2.45) is 0 Å². The average Bonchev–Trinajstić information content (AvgIpc) is 2.47. The van der Waals surface area contributed by atoms with Crippen LogP contribution in [0.15, 0.2) is 12.4 Å². The van der Waals surface area contributed by atoms with Gasteiger partial charge in [0.05, 0.1) is 21.8 Å². The molecular weight excluding hydrogens is 291 g/mol. The minimum absolute atomic E-state index is 0.824. The molecule has 0 aliphatic rings. The second kappa shape index (κ2) is 3.82. The molecule has 0 spiro atoms. The van der Waals surface area contributed by atoms with E-state index in [0.717, 1.165) is 27.0 Å². The minimum atomic E-state index is 0.824. The number of aromatic nitrogens is 3. The van der Waals surface area contributed by atoms with Crippen molar-refractivity contribution in [1.82, 2.24) is 19.9 Å². The third-order valence-corrected chi connectivity index (χ3v) is 2.65. The highest BCUT2D eigenvalue weighted by Gasteiger charge is 2.06. The number of halogens is 1. The van der Waals surface area contributed by atoms with Gasteiger partial charge in [-0.2, -0.15) is 0 Å². The largest absolute Gasteiger partial charge is 0.340 e. The molecule has 74 valence electrons. The van der Waals surface area contributed by atoms with Gasteiger partial charge in [-0.15, -0.1) is 0 Å². The molecule has 2 rings (SSSR count). The van der Waals surface area contributed by atoms with Gasteiger partial charge in [-0.1, -0.05) is 0 Å². The van der Waals surface area contributed by atoms with Gasteiger partial charge in [0.15, 0.2) is 0 Å². The third kappa shape index (κ3) is 1.88. The molecule has 2 heterocycles. The normalized spacial score (nSPS) is 11.4. The Balaban J connectivity index is 2.46. The first-order valence-electron chi connectivity index (χ1n) is 4.29. The van der Waals surface area contributed by atoms with Crippen molar-refractivity contribution in [2.45, 2.75) is 6.54 Å². The van der Waals surface area contributed by atoms with Gasteiger partial charge in [0.25, 0.3) is 0 Å². The highest BCUT2D eigenvalue weighted by atomic mass is 127. The zero-order chi connectivity index (χ0) is 10.1. The molecular formula is C9H11IN4. The maximum atomic E-state index is 4.51. The molecule has 4 nitrogen and oxygen atoms in total. The first-order valence-corrected chi connectivity index (χ1v) is 5.37. The number of aromatic amines is 1. The molecule has 0 amide bonds. The second-order valence-electron chi connectivity index (χ2n) is 3.44. The van der Waals surface area contributed by atoms with Gasteiger partial charge in [-0.25, -0.2) is 4.98 Å². The monoisotopic (exact) mass is 302 g/mol. The number of rotatable bonds is 2. The summed E-state index contributed by atoms with van der Waals surface area (Å²) in [6.45, 7) is 0.824. The number of fused-ring (bicyclic) bond motifs is 1. The molecule has 5 heteroatoms. The van der Waals surface area contributed by atoms with E-state index < -0.39 is 0 Å². The Morgan fingerprint density at radius 3 is 2.86 bits per heavy atom. The Hall–Kier alpha value is -0.690. The number of H-pyrrole nitrogens is 1. The lowest BCUT2D eigenvalue weighted by molar-refractivity contribution is 0.392. The Morgan fingerprint density at radius 2 is 2.21 bits per heavy atom. The molecule has 0 fully saturated rings. The Bertz CT molecular complexity index is 449. The lowest BCUT2D eigenvalue weighted by atomic mass is 10.4. The zero-order valence-electron chi connectivity index (χ0n) is 8.08. The van der Waals surface area contributed by atoms with Crippen LogP contribution >= 0.6 is 22.6 Å². The summed E-state index contributed by atoms with van der Waals surface area (Å²) in [6, 6.07) is 0. The van der Waals surface area contributed by atoms with Gasteiger partial charge < -0.3 is 9.88 Å². The highest BCUT2D eigenvalue weighted by molar-refractivity contribution is 14.1. The van der Waals surface area contributed by atoms with Crippen molar-refractivity contribution in [3.63, 3.8) is 0 Å². The zero-order valence-corrected chi connectivity index (χ0v) is 10.2. The predicted molar refractivity (Wildman–Crippen MR) is 64.0 cm³/mol. The van der Waals surface area contributed by atoms with Crippen molar-refractivity contribution in [3.8, 4) is 0 Å². The molecule has 0 saturated heterocycles. The number of nitrogens with one attached hydrogen (secondary N) is 1. The van der Waals surface area contributed by atoms with Crippen molar-refractivity contribution in [1.29, 1.82) is 0 Å². The lowest BCUT2D eigenvalue weighted by Gasteiger charge is -2.04. The fourth-order valence-electron chi connectivity index (χ4n) is 1.33. The minimum Gasteiger partial charge on any atom is -0.340 e. The van der Waals surface area contributed by atoms with E-state index in [1.54, 1.807) is 0 Å². The summed E-state index contributed by atoms with van der Waals surface area (Å²) in [5, 5.41) is 0. The van der Waals surface area contributed by atoms with E-state index >= 15 is 0 Å². The van der Waals surface area contributed by atoms with Gasteiger partial charge >= 0.3 is 0 Å². The highest BCUT2D eigenvalue weighted by Crippen LogP contribution is 2.16. The van der Waals surface area contributed by atoms with Crippen LogP contribution in [0.4, 0.5) is 0 Å². The maximum absolute atomic E-state index is 4.51. The lowest BCUT2D eigenvalue weighted by Crippen LogP contribution is -2.11. The molecule has 2 aromatic heterocycles. The SMILES string of the molecule is CN(C)Cc1nc2c(I)cncc2[nH]1. The van der Waals surface area contributed by atoms with E-state index in [0.29, 0.717) is 0 Å². The van der Waals surface area contributed by atoms with E-state index in [2.05, 4.69) is 42.4 Å². The van der Waals surface area contributed by atoms with Crippen LogP contribution in [0, 0.1) is 3.57 Å². The molecule has 14 heavy (non-hydrogen) atoms. The van der Waals surface area contributed by atoms with E-state index in [1.807, 2.05) is 26.5 Å². The molecule has 0 radical (unpaired) electrons. The number of nitrogens with zero attached hydrogens (tertiary/aromatic N) is 3. The first-order chi connectivity index (χ1) is 6.66. The molecule has 0 atom stereocenters. The second-order valence-corrected chi connectivity index (χ2v) is 4.60. The van der Waals surface area contributed by atoms with Gasteiger partial charge in [-0.3, -0.25) is 4.98 Å². The van der Waals surface area contributed by atoms with E-state index in [4.69, 9.17) is 0 Å². The van der Waals surface area contributed by atoms with Crippen LogP contribution in [0.5, 0.6) is 0 Å². The van der Waals surface area contributed by atoms with Crippen molar-refractivity contribution in [3.05, 3.63) is 21.8 Å². The summed E-state index contributed by atoms with van der Waals surface area (Å²) < 4.78 is 1.08. The summed E-state index contributed by atoms with van der Waals surface area (Å²) in [7, 11) is 4.05. The smallest absolute Gasteiger partial charge is 0.121 e.